The van der Waals surface area contributed by atoms with Crippen molar-refractivity contribution in [2.45, 2.75) is 72.6 Å². The second-order valence-electron chi connectivity index (χ2n) is 15.7. The van der Waals surface area contributed by atoms with Crippen molar-refractivity contribution in [3.05, 3.63) is 184 Å². The van der Waals surface area contributed by atoms with Crippen LogP contribution in [0.15, 0.2) is 133 Å². The van der Waals surface area contributed by atoms with Gasteiger partial charge in [-0.15, -0.1) is 16.7 Å². The number of benzene rings is 6. The summed E-state index contributed by atoms with van der Waals surface area (Å²) in [5, 5.41) is 5.21. The number of aryl methyl sites for hydroxylation is 2. The molecule has 0 bridgehead atoms. The van der Waals surface area contributed by atoms with E-state index in [9.17, 15) is 0 Å². The number of hydrogen-bond acceptors (Lipinski definition) is 0. The van der Waals surface area contributed by atoms with Crippen LogP contribution in [0.3, 0.4) is 0 Å². The van der Waals surface area contributed by atoms with E-state index in [4.69, 9.17) is 0 Å². The molecule has 0 amide bonds. The Morgan fingerprint density at radius 1 is 0.577 bits per heavy atom. The first-order chi connectivity index (χ1) is 23.8. The molecule has 0 heterocycles. The van der Waals surface area contributed by atoms with E-state index >= 15 is 0 Å². The van der Waals surface area contributed by atoms with Crippen molar-refractivity contribution in [1.82, 2.24) is 0 Å². The molecule has 264 valence electrons. The van der Waals surface area contributed by atoms with Gasteiger partial charge in [0.25, 0.3) is 0 Å². The van der Waals surface area contributed by atoms with E-state index in [1.54, 1.807) is 0 Å². The molecule has 1 aliphatic rings. The third-order valence-corrected chi connectivity index (χ3v) is 11.1. The molecule has 7 aromatic carbocycles. The molecule has 0 fully saturated rings. The van der Waals surface area contributed by atoms with Crippen LogP contribution in [0.1, 0.15) is 86.1 Å². The van der Waals surface area contributed by atoms with Crippen LogP contribution in [0, 0.1) is 19.9 Å². The Bertz CT molecular complexity index is 2130. The van der Waals surface area contributed by atoms with Crippen LogP contribution in [0.5, 0.6) is 0 Å². The predicted molar refractivity (Wildman–Crippen MR) is 214 cm³/mol. The molecule has 0 spiro atoms. The Balaban J connectivity index is 0.000000198. The summed E-state index contributed by atoms with van der Waals surface area (Å²) in [6.07, 6.45) is 1.03. The molecule has 1 aliphatic carbocycles. The third-order valence-electron chi connectivity index (χ3n) is 9.71. The zero-order valence-electron chi connectivity index (χ0n) is 31.7. The first kappa shape index (κ1) is 41.3. The summed E-state index contributed by atoms with van der Waals surface area (Å²) in [5.74, 6) is 0. The molecule has 3 heteroatoms. The fourth-order valence-electron chi connectivity index (χ4n) is 7.20. The average molecular weight is 799 g/mol. The number of hydrogen-bond donors (Lipinski definition) is 0. The second-order valence-corrected chi connectivity index (χ2v) is 16.9. The van der Waals surface area contributed by atoms with Gasteiger partial charge in [-0.05, 0) is 35.4 Å². The first-order valence-electron chi connectivity index (χ1n) is 17.7. The summed E-state index contributed by atoms with van der Waals surface area (Å²) in [4.78, 5) is 0. The summed E-state index contributed by atoms with van der Waals surface area (Å²) in [6.45, 7) is 18.2. The molecule has 7 aromatic rings. The van der Waals surface area contributed by atoms with Crippen LogP contribution in [0.2, 0.25) is 0 Å². The van der Waals surface area contributed by atoms with E-state index < -0.39 is 0 Å². The molecule has 0 saturated carbocycles. The Labute approximate surface area is 339 Å². The van der Waals surface area contributed by atoms with Gasteiger partial charge >= 0.3 is 145 Å². The van der Waals surface area contributed by atoms with Crippen LogP contribution in [-0.4, -0.2) is 3.21 Å². The minimum atomic E-state index is 0. The van der Waals surface area contributed by atoms with E-state index in [0.29, 0.717) is 0 Å². The van der Waals surface area contributed by atoms with E-state index in [1.807, 2.05) is 30.3 Å². The van der Waals surface area contributed by atoms with Gasteiger partial charge in [-0.3, -0.25) is 0 Å². The SMILES string of the molecule is Cc1[c-]c2c(cc1C(C)(C)C)-c1cc(C(C)(C)C)c(C)cc1C2.[Cl-].[Cl-].[Zr+2]=[C](c1ccc2ccccc2c1)c1ccc2ccccc2c1.c1cc[cH-]c1. The number of halogens is 2. The van der Waals surface area contributed by atoms with Gasteiger partial charge in [-0.1, -0.05) is 71.6 Å². The largest absolute Gasteiger partial charge is 0.214 e. The molecule has 0 nitrogen and oxygen atoms in total. The molecule has 52 heavy (non-hydrogen) atoms. The summed E-state index contributed by atoms with van der Waals surface area (Å²) < 4.78 is 1.41. The molecule has 0 aromatic heterocycles. The van der Waals surface area contributed by atoms with Gasteiger partial charge in [-0.2, -0.15) is 35.9 Å². The van der Waals surface area contributed by atoms with Crippen molar-refractivity contribution >= 4 is 24.8 Å². The van der Waals surface area contributed by atoms with Crippen molar-refractivity contribution in [3.63, 3.8) is 0 Å². The van der Waals surface area contributed by atoms with E-state index in [2.05, 4.69) is 165 Å². The van der Waals surface area contributed by atoms with E-state index in [-0.39, 0.29) is 35.6 Å². The third kappa shape index (κ3) is 9.35. The van der Waals surface area contributed by atoms with Gasteiger partial charge in [0.05, 0.1) is 0 Å². The summed E-state index contributed by atoms with van der Waals surface area (Å²) in [7, 11) is 0. The van der Waals surface area contributed by atoms with Crippen LogP contribution in [0.25, 0.3) is 32.7 Å². The van der Waals surface area contributed by atoms with Crippen LogP contribution in [0.4, 0.5) is 0 Å². The Morgan fingerprint density at radius 3 is 1.52 bits per heavy atom. The maximum atomic E-state index is 3.69. The average Bonchev–Trinajstić information content (AvgIpc) is 3.78. The minimum absolute atomic E-state index is 0. The van der Waals surface area contributed by atoms with Crippen molar-refractivity contribution in [1.29, 1.82) is 0 Å². The number of rotatable bonds is 2. The van der Waals surface area contributed by atoms with Gasteiger partial charge < -0.3 is 24.8 Å². The van der Waals surface area contributed by atoms with Crippen LogP contribution >= 0.6 is 0 Å². The van der Waals surface area contributed by atoms with Crippen molar-refractivity contribution in [2.24, 2.45) is 0 Å². The smallest absolute Gasteiger partial charge is 0.172 e. The van der Waals surface area contributed by atoms with E-state index in [1.165, 1.54) is 105 Å². The Morgan fingerprint density at radius 2 is 1.06 bits per heavy atom. The zero-order valence-corrected chi connectivity index (χ0v) is 35.6. The molecule has 0 saturated heterocycles. The summed E-state index contributed by atoms with van der Waals surface area (Å²) in [6, 6.07) is 51.5. The molecular weight excluding hydrogens is 751 g/mol. The fraction of sp³-hybridized carbons (Fsp3) is 0.224. The zero-order chi connectivity index (χ0) is 35.6. The maximum absolute atomic E-state index is 3.69. The van der Waals surface area contributed by atoms with Crippen LogP contribution in [-0.2, 0) is 41.5 Å². The standard InChI is InChI=1S/C23H29.C21H14.C5H5.2ClH.Zr/c1-14-9-16-11-17-10-15(2)21(23(6,7)8)13-19(17)18(16)12-20(14)22(3,4)5;1-3-7-20-14-16(9-11-18(20)5-1)13-17-10-12-19-6-2-4-8-21(19)15-17;1-2-4-5-3-1;;;/h9,12-13H,11H2,1-8H3;1-12,14-15H;1-5H;2*1H;/q-1;;-1;;;+2/p-2. The second kappa shape index (κ2) is 17.1. The van der Waals surface area contributed by atoms with Crippen LogP contribution < -0.4 is 24.8 Å². The molecule has 0 aliphatic heterocycles. The van der Waals surface area contributed by atoms with Crippen molar-refractivity contribution in [3.8, 4) is 11.1 Å². The predicted octanol–water partition coefficient (Wildman–Crippen LogP) is 6.79. The van der Waals surface area contributed by atoms with Gasteiger partial charge in [0, 0.05) is 0 Å². The van der Waals surface area contributed by atoms with Crippen molar-refractivity contribution in [2.75, 3.05) is 0 Å². The van der Waals surface area contributed by atoms with Gasteiger partial charge in [0.15, 0.2) is 0 Å². The molecule has 8 rings (SSSR count). The van der Waals surface area contributed by atoms with Crippen molar-refractivity contribution < 1.29 is 49.0 Å². The van der Waals surface area contributed by atoms with Gasteiger partial charge in [-0.25, -0.2) is 12.1 Å². The normalized spacial score (nSPS) is 11.6. The fourth-order valence-corrected chi connectivity index (χ4v) is 7.96. The quantitative estimate of drug-likeness (QED) is 0.169. The summed E-state index contributed by atoms with van der Waals surface area (Å²) in [5.41, 5.74) is 14.3. The van der Waals surface area contributed by atoms with Gasteiger partial charge in [0.2, 0.25) is 0 Å². The Hall–Kier alpha value is -3.48. The first-order valence-corrected chi connectivity index (χ1v) is 19.0. The summed E-state index contributed by atoms with van der Waals surface area (Å²) >= 11 is 1.44. The topological polar surface area (TPSA) is 0 Å². The minimum Gasteiger partial charge on any atom is -0.214 e. The van der Waals surface area contributed by atoms with Gasteiger partial charge in [0.1, 0.15) is 0 Å². The molecule has 0 N–H and O–H groups in total. The molecular formula is C49H48Cl2Zr-2. The monoisotopic (exact) mass is 796 g/mol. The van der Waals surface area contributed by atoms with E-state index in [0.717, 1.165) is 6.42 Å². The Kier molecular flexibility index (Phi) is 13.6. The molecule has 0 unspecified atom stereocenters. The molecule has 0 atom stereocenters. The number of fused-ring (bicyclic) bond motifs is 5. The maximum Gasteiger partial charge on any atom is -0.172 e. The molecule has 0 radical (unpaired) electrons.